The smallest absolute Gasteiger partial charge is 0.410 e. The van der Waals surface area contributed by atoms with E-state index in [9.17, 15) is 4.79 Å². The van der Waals surface area contributed by atoms with Gasteiger partial charge in [0.2, 0.25) is 0 Å². The van der Waals surface area contributed by atoms with Crippen molar-refractivity contribution in [3.63, 3.8) is 0 Å². The quantitative estimate of drug-likeness (QED) is 0.710. The number of hydrogen-bond donors (Lipinski definition) is 1. The number of piperidine rings is 1. The Bertz CT molecular complexity index is 268. The molecule has 1 aliphatic carbocycles. The Morgan fingerprint density at radius 2 is 2.20 bits per heavy atom. The minimum absolute atomic E-state index is 0.175. The first kappa shape index (κ1) is 10.7. The zero-order chi connectivity index (χ0) is 11.2. The third kappa shape index (κ3) is 1.95. The lowest BCUT2D eigenvalue weighted by Crippen LogP contribution is -2.38. The summed E-state index contributed by atoms with van der Waals surface area (Å²) in [4.78, 5) is 13.7. The van der Waals surface area contributed by atoms with Crippen LogP contribution in [0.2, 0.25) is 0 Å². The minimum atomic E-state index is -0.401. The van der Waals surface area contributed by atoms with E-state index >= 15 is 0 Å². The molecule has 3 atom stereocenters. The fourth-order valence-corrected chi connectivity index (χ4v) is 2.56. The second-order valence-electron chi connectivity index (χ2n) is 5.52. The van der Waals surface area contributed by atoms with E-state index in [1.54, 1.807) is 0 Å². The van der Waals surface area contributed by atoms with Gasteiger partial charge in [-0.25, -0.2) is 4.79 Å². The van der Waals surface area contributed by atoms with E-state index < -0.39 is 5.60 Å². The second-order valence-corrected chi connectivity index (χ2v) is 5.52. The highest BCUT2D eigenvalue weighted by Crippen LogP contribution is 2.50. The first-order valence-electron chi connectivity index (χ1n) is 5.64. The highest BCUT2D eigenvalue weighted by molar-refractivity contribution is 5.70. The zero-order valence-electron chi connectivity index (χ0n) is 9.69. The highest BCUT2D eigenvalue weighted by Gasteiger charge is 2.58. The van der Waals surface area contributed by atoms with E-state index in [0.29, 0.717) is 24.4 Å². The number of ether oxygens (including phenoxy) is 1. The molecule has 2 rings (SSSR count). The molecule has 86 valence electrons. The van der Waals surface area contributed by atoms with Crippen molar-refractivity contribution in [1.29, 1.82) is 0 Å². The highest BCUT2D eigenvalue weighted by atomic mass is 16.6. The Morgan fingerprint density at radius 1 is 1.53 bits per heavy atom. The molecule has 2 aliphatic rings. The summed E-state index contributed by atoms with van der Waals surface area (Å²) in [5, 5.41) is 0. The molecule has 0 aromatic carbocycles. The summed E-state index contributed by atoms with van der Waals surface area (Å²) in [5.74, 6) is 1.16. The van der Waals surface area contributed by atoms with Gasteiger partial charge in [0.1, 0.15) is 5.60 Å². The average Bonchev–Trinajstić information content (AvgIpc) is 2.60. The topological polar surface area (TPSA) is 55.6 Å². The molecule has 0 aromatic rings. The monoisotopic (exact) mass is 212 g/mol. The van der Waals surface area contributed by atoms with Crippen molar-refractivity contribution < 1.29 is 9.53 Å². The van der Waals surface area contributed by atoms with Crippen molar-refractivity contribution in [3.8, 4) is 0 Å². The molecule has 0 aromatic heterocycles. The van der Waals surface area contributed by atoms with Crippen LogP contribution in [0, 0.1) is 11.8 Å². The SMILES string of the molecule is CC(C)(C)OC(=O)N1CC[C@@H]2C(CN)[C@@H]21. The molecule has 0 spiro atoms. The fourth-order valence-electron chi connectivity index (χ4n) is 2.56. The van der Waals surface area contributed by atoms with Crippen LogP contribution < -0.4 is 5.73 Å². The molecule has 2 N–H and O–H groups in total. The van der Waals surface area contributed by atoms with Gasteiger partial charge >= 0.3 is 6.09 Å². The summed E-state index contributed by atoms with van der Waals surface area (Å²) in [5.41, 5.74) is 5.23. The van der Waals surface area contributed by atoms with Gasteiger partial charge in [-0.05, 0) is 45.6 Å². The number of nitrogens with two attached hydrogens (primary N) is 1. The Balaban J connectivity index is 1.92. The first-order valence-corrected chi connectivity index (χ1v) is 5.64. The average molecular weight is 212 g/mol. The molecule has 15 heavy (non-hydrogen) atoms. The predicted octanol–water partition coefficient (Wildman–Crippen LogP) is 1.20. The number of carbonyl (C=O) groups excluding carboxylic acids is 1. The molecular formula is C11H20N2O2. The van der Waals surface area contributed by atoms with Crippen LogP contribution in [0.4, 0.5) is 4.79 Å². The van der Waals surface area contributed by atoms with Gasteiger partial charge in [-0.1, -0.05) is 0 Å². The molecule has 0 radical (unpaired) electrons. The van der Waals surface area contributed by atoms with Crippen LogP contribution in [0.25, 0.3) is 0 Å². The third-order valence-corrected chi connectivity index (χ3v) is 3.25. The van der Waals surface area contributed by atoms with E-state index in [1.807, 2.05) is 25.7 Å². The summed E-state index contributed by atoms with van der Waals surface area (Å²) >= 11 is 0. The molecule has 4 heteroatoms. The summed E-state index contributed by atoms with van der Waals surface area (Å²) in [6.07, 6.45) is 0.914. The van der Waals surface area contributed by atoms with Crippen LogP contribution in [0.1, 0.15) is 27.2 Å². The Morgan fingerprint density at radius 3 is 2.67 bits per heavy atom. The van der Waals surface area contributed by atoms with Crippen LogP contribution in [-0.2, 0) is 4.74 Å². The molecule has 2 fully saturated rings. The van der Waals surface area contributed by atoms with Crippen molar-refractivity contribution in [2.75, 3.05) is 13.1 Å². The number of fused-ring (bicyclic) bond motifs is 1. The maximum atomic E-state index is 11.8. The van der Waals surface area contributed by atoms with Gasteiger partial charge in [-0.3, -0.25) is 0 Å². The molecule has 4 nitrogen and oxygen atoms in total. The van der Waals surface area contributed by atoms with Crippen molar-refractivity contribution >= 4 is 6.09 Å². The molecule has 0 bridgehead atoms. The van der Waals surface area contributed by atoms with E-state index in [1.165, 1.54) is 0 Å². The van der Waals surface area contributed by atoms with Crippen molar-refractivity contribution in [3.05, 3.63) is 0 Å². The second kappa shape index (κ2) is 3.37. The van der Waals surface area contributed by atoms with E-state index in [2.05, 4.69) is 0 Å². The summed E-state index contributed by atoms with van der Waals surface area (Å²) in [6.45, 7) is 7.21. The van der Waals surface area contributed by atoms with Gasteiger partial charge < -0.3 is 15.4 Å². The Labute approximate surface area is 90.8 Å². The largest absolute Gasteiger partial charge is 0.444 e. The van der Waals surface area contributed by atoms with Gasteiger partial charge in [0, 0.05) is 12.6 Å². The van der Waals surface area contributed by atoms with E-state index in [4.69, 9.17) is 10.5 Å². The lowest BCUT2D eigenvalue weighted by atomic mass is 10.2. The number of carbonyl (C=O) groups is 1. The van der Waals surface area contributed by atoms with Crippen molar-refractivity contribution in [2.24, 2.45) is 17.6 Å². The lowest BCUT2D eigenvalue weighted by molar-refractivity contribution is 0.0253. The van der Waals surface area contributed by atoms with Gasteiger partial charge in [-0.2, -0.15) is 0 Å². The third-order valence-electron chi connectivity index (χ3n) is 3.25. The maximum absolute atomic E-state index is 11.8. The van der Waals surface area contributed by atoms with Crippen LogP contribution in [-0.4, -0.2) is 35.7 Å². The molecule has 1 aliphatic heterocycles. The number of nitrogens with zero attached hydrogens (tertiary/aromatic N) is 1. The van der Waals surface area contributed by atoms with Crippen molar-refractivity contribution in [2.45, 2.75) is 38.8 Å². The van der Waals surface area contributed by atoms with Crippen molar-refractivity contribution in [1.82, 2.24) is 4.90 Å². The van der Waals surface area contributed by atoms with Crippen LogP contribution >= 0.6 is 0 Å². The number of likely N-dealkylation sites (tertiary alicyclic amines) is 1. The summed E-state index contributed by atoms with van der Waals surface area (Å²) in [6, 6.07) is 0.366. The summed E-state index contributed by atoms with van der Waals surface area (Å²) < 4.78 is 5.36. The van der Waals surface area contributed by atoms with Crippen LogP contribution in [0.15, 0.2) is 0 Å². The standard InChI is InChI=1S/C11H20N2O2/c1-11(2,3)15-10(14)13-5-4-7-8(6-12)9(7)13/h7-9H,4-6,12H2,1-3H3/t7-,8?,9-/m1/s1. The van der Waals surface area contributed by atoms with Gasteiger partial charge in [0.05, 0.1) is 0 Å². The molecular weight excluding hydrogens is 192 g/mol. The molecule has 1 saturated carbocycles. The maximum Gasteiger partial charge on any atom is 0.410 e. The van der Waals surface area contributed by atoms with Gasteiger partial charge in [0.25, 0.3) is 0 Å². The normalized spacial score (nSPS) is 33.9. The molecule has 1 amide bonds. The lowest BCUT2D eigenvalue weighted by Gasteiger charge is -2.26. The van der Waals surface area contributed by atoms with E-state index in [0.717, 1.165) is 13.0 Å². The molecule has 1 heterocycles. The number of amides is 1. The van der Waals surface area contributed by atoms with Gasteiger partial charge in [-0.15, -0.1) is 0 Å². The van der Waals surface area contributed by atoms with Crippen LogP contribution in [0.3, 0.4) is 0 Å². The Hall–Kier alpha value is -0.770. The van der Waals surface area contributed by atoms with Gasteiger partial charge in [0.15, 0.2) is 0 Å². The predicted molar refractivity (Wildman–Crippen MR) is 57.4 cm³/mol. The van der Waals surface area contributed by atoms with E-state index in [-0.39, 0.29) is 6.09 Å². The van der Waals surface area contributed by atoms with Crippen LogP contribution in [0.5, 0.6) is 0 Å². The fraction of sp³-hybridized carbons (Fsp3) is 0.909. The first-order chi connectivity index (χ1) is 6.94. The minimum Gasteiger partial charge on any atom is -0.444 e. The Kier molecular flexibility index (Phi) is 2.41. The zero-order valence-corrected chi connectivity index (χ0v) is 9.69. The molecule has 1 unspecified atom stereocenters. The summed E-state index contributed by atoms with van der Waals surface area (Å²) in [7, 11) is 0. The number of rotatable bonds is 1. The number of hydrogen-bond acceptors (Lipinski definition) is 3. The molecule has 1 saturated heterocycles.